The number of rotatable bonds is 9. The first-order valence-electron chi connectivity index (χ1n) is 12.5. The lowest BCUT2D eigenvalue weighted by atomic mass is 9.95. The largest absolute Gasteiger partial charge is 0.493 e. The molecule has 1 atom stereocenters. The van der Waals surface area contributed by atoms with E-state index >= 15 is 0 Å². The summed E-state index contributed by atoms with van der Waals surface area (Å²) in [6.07, 6.45) is 4.58. The number of methoxy groups -OCH3 is 1. The maximum absolute atomic E-state index is 14.0. The predicted molar refractivity (Wildman–Crippen MR) is 147 cm³/mol. The van der Waals surface area contributed by atoms with Gasteiger partial charge in [0.2, 0.25) is 0 Å². The van der Waals surface area contributed by atoms with Gasteiger partial charge in [0.15, 0.2) is 4.80 Å². The van der Waals surface area contributed by atoms with Gasteiger partial charge >= 0.3 is 5.97 Å². The molecule has 1 N–H and O–H groups in total. The van der Waals surface area contributed by atoms with Crippen LogP contribution in [0.5, 0.6) is 5.75 Å². The van der Waals surface area contributed by atoms with Crippen LogP contribution in [0.15, 0.2) is 75.8 Å². The van der Waals surface area contributed by atoms with E-state index in [-0.39, 0.29) is 18.8 Å². The van der Waals surface area contributed by atoms with Crippen molar-refractivity contribution in [2.45, 2.75) is 26.3 Å². The van der Waals surface area contributed by atoms with Crippen molar-refractivity contribution in [2.24, 2.45) is 4.99 Å². The van der Waals surface area contributed by atoms with Crippen LogP contribution in [0.25, 0.3) is 17.0 Å². The average molecular weight is 532 g/mol. The molecular weight excluding hydrogens is 502 g/mol. The van der Waals surface area contributed by atoms with E-state index in [1.807, 2.05) is 67.7 Å². The van der Waals surface area contributed by atoms with Gasteiger partial charge in [-0.15, -0.1) is 0 Å². The fourth-order valence-electron chi connectivity index (χ4n) is 4.58. The molecule has 38 heavy (non-hydrogen) atoms. The topological polar surface area (TPSA) is 94.9 Å². The molecule has 1 aliphatic heterocycles. The highest BCUT2D eigenvalue weighted by Gasteiger charge is 2.35. The lowest BCUT2D eigenvalue weighted by molar-refractivity contribution is -0.140. The van der Waals surface area contributed by atoms with Crippen LogP contribution < -0.4 is 19.6 Å². The maximum atomic E-state index is 14.0. The van der Waals surface area contributed by atoms with Gasteiger partial charge in [0.1, 0.15) is 18.4 Å². The third kappa shape index (κ3) is 4.82. The van der Waals surface area contributed by atoms with Crippen LogP contribution in [-0.4, -0.2) is 42.5 Å². The van der Waals surface area contributed by atoms with Crippen molar-refractivity contribution < 1.29 is 19.0 Å². The van der Waals surface area contributed by atoms with Gasteiger partial charge in [-0.05, 0) is 31.6 Å². The van der Waals surface area contributed by atoms with Gasteiger partial charge in [-0.3, -0.25) is 9.36 Å². The number of hydrogen-bond acceptors (Lipinski definition) is 7. The van der Waals surface area contributed by atoms with Crippen molar-refractivity contribution in [1.82, 2.24) is 9.55 Å². The molecule has 1 aliphatic rings. The number of H-pyrrole nitrogens is 1. The molecule has 0 unspecified atom stereocenters. The van der Waals surface area contributed by atoms with Crippen molar-refractivity contribution in [3.8, 4) is 5.75 Å². The van der Waals surface area contributed by atoms with E-state index in [0.717, 1.165) is 22.9 Å². The summed E-state index contributed by atoms with van der Waals surface area (Å²) in [5.41, 5.74) is 3.17. The number of para-hydroxylation sites is 2. The molecule has 5 rings (SSSR count). The minimum Gasteiger partial charge on any atom is -0.493 e. The quantitative estimate of drug-likeness (QED) is 0.263. The summed E-state index contributed by atoms with van der Waals surface area (Å²) in [7, 11) is 1.54. The predicted octanol–water partition coefficient (Wildman–Crippen LogP) is 3.69. The fourth-order valence-corrected chi connectivity index (χ4v) is 5.61. The Kier molecular flexibility index (Phi) is 7.57. The van der Waals surface area contributed by atoms with Crippen molar-refractivity contribution in [1.29, 1.82) is 0 Å². The van der Waals surface area contributed by atoms with E-state index in [9.17, 15) is 9.59 Å². The van der Waals surface area contributed by atoms with Gasteiger partial charge in [-0.1, -0.05) is 54.7 Å². The van der Waals surface area contributed by atoms with E-state index in [0.29, 0.717) is 38.5 Å². The van der Waals surface area contributed by atoms with Crippen LogP contribution in [0.1, 0.15) is 37.4 Å². The molecule has 0 amide bonds. The first-order chi connectivity index (χ1) is 18.5. The SMILES string of the molecule is CCCOc1ccccc1[C@H]1C(C(=O)OCCOC)=C(C)N=c2s/c(=C/c3c[nH]c4ccccc34)c(=O)n21. The fraction of sp³-hybridized carbons (Fsp3) is 0.276. The van der Waals surface area contributed by atoms with Crippen LogP contribution >= 0.6 is 11.3 Å². The third-order valence-corrected chi connectivity index (χ3v) is 7.33. The Morgan fingerprint density at radius 1 is 1.13 bits per heavy atom. The van der Waals surface area contributed by atoms with E-state index in [2.05, 4.69) is 9.98 Å². The first kappa shape index (κ1) is 25.7. The molecule has 2 aromatic heterocycles. The van der Waals surface area contributed by atoms with E-state index < -0.39 is 12.0 Å². The molecule has 0 fully saturated rings. The molecule has 0 saturated heterocycles. The minimum absolute atomic E-state index is 0.0950. The Morgan fingerprint density at radius 3 is 2.74 bits per heavy atom. The molecule has 0 bridgehead atoms. The molecule has 3 heterocycles. The normalized spacial score (nSPS) is 15.4. The monoisotopic (exact) mass is 531 g/mol. The van der Waals surface area contributed by atoms with Gasteiger partial charge in [0.25, 0.3) is 5.56 Å². The summed E-state index contributed by atoms with van der Waals surface area (Å²) in [5, 5.41) is 1.02. The minimum atomic E-state index is -0.750. The lowest BCUT2D eigenvalue weighted by Crippen LogP contribution is -2.40. The molecule has 0 saturated carbocycles. The number of carbonyl (C=O) groups is 1. The number of nitrogens with zero attached hydrogens (tertiary/aromatic N) is 2. The number of nitrogens with one attached hydrogen (secondary N) is 1. The number of thiazole rings is 1. The Balaban J connectivity index is 1.70. The first-order valence-corrected chi connectivity index (χ1v) is 13.3. The highest BCUT2D eigenvalue weighted by atomic mass is 32.1. The molecule has 0 radical (unpaired) electrons. The number of fused-ring (bicyclic) bond motifs is 2. The van der Waals surface area contributed by atoms with Crippen LogP contribution in [0, 0.1) is 0 Å². The highest BCUT2D eigenvalue weighted by molar-refractivity contribution is 7.07. The zero-order valence-electron chi connectivity index (χ0n) is 21.5. The highest BCUT2D eigenvalue weighted by Crippen LogP contribution is 2.36. The zero-order valence-corrected chi connectivity index (χ0v) is 22.3. The molecular formula is C29H29N3O5S. The molecule has 9 heteroatoms. The Bertz CT molecular complexity index is 1690. The number of aromatic nitrogens is 2. The van der Waals surface area contributed by atoms with Gasteiger partial charge < -0.3 is 19.2 Å². The molecule has 0 aliphatic carbocycles. The average Bonchev–Trinajstić information content (AvgIpc) is 3.47. The molecule has 196 valence electrons. The van der Waals surface area contributed by atoms with Gasteiger partial charge in [-0.2, -0.15) is 0 Å². The van der Waals surface area contributed by atoms with E-state index in [4.69, 9.17) is 14.2 Å². The summed E-state index contributed by atoms with van der Waals surface area (Å²) in [4.78, 5) is 35.8. The van der Waals surface area contributed by atoms with Gasteiger partial charge in [0.05, 0.1) is 29.0 Å². The summed E-state index contributed by atoms with van der Waals surface area (Å²) in [5.74, 6) is 0.0759. The Labute approximate surface area is 223 Å². The molecule has 8 nitrogen and oxygen atoms in total. The summed E-state index contributed by atoms with van der Waals surface area (Å²) in [6, 6.07) is 14.7. The third-order valence-electron chi connectivity index (χ3n) is 6.35. The number of esters is 1. The smallest absolute Gasteiger partial charge is 0.338 e. The van der Waals surface area contributed by atoms with Crippen molar-refractivity contribution in [3.05, 3.63) is 96.8 Å². The number of carbonyl (C=O) groups excluding carboxylic acids is 1. The van der Waals surface area contributed by atoms with Gasteiger partial charge in [-0.25, -0.2) is 9.79 Å². The Morgan fingerprint density at radius 2 is 1.92 bits per heavy atom. The number of benzene rings is 2. The second-order valence-corrected chi connectivity index (χ2v) is 9.90. The van der Waals surface area contributed by atoms with Crippen LogP contribution in [0.3, 0.4) is 0 Å². The lowest BCUT2D eigenvalue weighted by Gasteiger charge is -2.26. The Hall–Kier alpha value is -3.95. The van der Waals surface area contributed by atoms with Crippen molar-refractivity contribution in [2.75, 3.05) is 26.9 Å². The van der Waals surface area contributed by atoms with Gasteiger partial charge in [0, 0.05) is 35.3 Å². The summed E-state index contributed by atoms with van der Waals surface area (Å²) in [6.45, 7) is 4.67. The van der Waals surface area contributed by atoms with Crippen LogP contribution in [0.4, 0.5) is 0 Å². The van der Waals surface area contributed by atoms with Crippen molar-refractivity contribution >= 4 is 34.3 Å². The number of aromatic amines is 1. The van der Waals surface area contributed by atoms with Crippen molar-refractivity contribution in [3.63, 3.8) is 0 Å². The summed E-state index contributed by atoms with van der Waals surface area (Å²) >= 11 is 1.30. The van der Waals surface area contributed by atoms with Crippen LogP contribution in [0.2, 0.25) is 0 Å². The molecule has 2 aromatic carbocycles. The second-order valence-electron chi connectivity index (χ2n) is 8.89. The molecule has 0 spiro atoms. The standard InChI is InChI=1S/C29H29N3O5S/c1-4-13-36-23-12-8-6-10-21(23)26-25(28(34)37-15-14-35-3)18(2)31-29-32(26)27(33)24(38-29)16-19-17-30-22-11-7-5-9-20(19)22/h5-12,16-17,26,30H,4,13-15H2,1-3H3/b24-16+/t26-/m0/s1. The number of hydrogen-bond donors (Lipinski definition) is 1. The zero-order chi connectivity index (χ0) is 26.6. The number of ether oxygens (including phenoxy) is 3. The van der Waals surface area contributed by atoms with Crippen LogP contribution in [-0.2, 0) is 14.3 Å². The molecule has 4 aromatic rings. The number of allylic oxidation sites excluding steroid dienone is 1. The van der Waals surface area contributed by atoms with E-state index in [1.165, 1.54) is 11.3 Å². The summed E-state index contributed by atoms with van der Waals surface area (Å²) < 4.78 is 18.7. The van der Waals surface area contributed by atoms with E-state index in [1.54, 1.807) is 18.6 Å². The second kappa shape index (κ2) is 11.2. The maximum Gasteiger partial charge on any atom is 0.338 e.